The van der Waals surface area contributed by atoms with E-state index in [1.807, 2.05) is 39.0 Å². The van der Waals surface area contributed by atoms with Gasteiger partial charge in [-0.15, -0.1) is 0 Å². The number of nitrogens with one attached hydrogen (secondary N) is 1. The highest BCUT2D eigenvalue weighted by molar-refractivity contribution is 5.89. The summed E-state index contributed by atoms with van der Waals surface area (Å²) < 4.78 is 5.60. The number of benzene rings is 1. The molecule has 116 valence electrons. The van der Waals surface area contributed by atoms with E-state index in [9.17, 15) is 9.59 Å². The van der Waals surface area contributed by atoms with Crippen LogP contribution in [0.25, 0.3) is 0 Å². The van der Waals surface area contributed by atoms with Crippen molar-refractivity contribution in [3.05, 3.63) is 35.9 Å². The summed E-state index contributed by atoms with van der Waals surface area (Å²) in [4.78, 5) is 23.0. The lowest BCUT2D eigenvalue weighted by Crippen LogP contribution is -2.62. The van der Waals surface area contributed by atoms with Crippen molar-refractivity contribution in [2.45, 2.75) is 38.3 Å². The molecule has 2 amide bonds. The summed E-state index contributed by atoms with van der Waals surface area (Å²) in [5.41, 5.74) is 4.23. The van der Waals surface area contributed by atoms with Gasteiger partial charge in [0.05, 0.1) is 12.2 Å². The van der Waals surface area contributed by atoms with E-state index in [2.05, 4.69) is 5.32 Å². The van der Waals surface area contributed by atoms with E-state index in [1.54, 1.807) is 12.1 Å². The van der Waals surface area contributed by atoms with E-state index in [0.29, 0.717) is 0 Å². The van der Waals surface area contributed by atoms with Gasteiger partial charge < -0.3 is 20.9 Å². The van der Waals surface area contributed by atoms with Crippen molar-refractivity contribution in [1.82, 2.24) is 5.32 Å². The van der Waals surface area contributed by atoms with Gasteiger partial charge in [0, 0.05) is 6.42 Å². The van der Waals surface area contributed by atoms with Crippen LogP contribution in [0.15, 0.2) is 30.3 Å². The molecule has 0 saturated carbocycles. The zero-order chi connectivity index (χ0) is 16.1. The lowest BCUT2D eigenvalue weighted by molar-refractivity contribution is -0.129. The predicted octanol–water partition coefficient (Wildman–Crippen LogP) is 1.54. The fourth-order valence-corrected chi connectivity index (χ4v) is 1.84. The van der Waals surface area contributed by atoms with Gasteiger partial charge in [0.1, 0.15) is 5.54 Å². The van der Waals surface area contributed by atoms with Crippen LogP contribution in [0.4, 0.5) is 4.79 Å². The van der Waals surface area contributed by atoms with E-state index >= 15 is 0 Å². The van der Waals surface area contributed by atoms with Crippen LogP contribution in [0.5, 0.6) is 0 Å². The van der Waals surface area contributed by atoms with E-state index in [1.165, 1.54) is 0 Å². The standard InChI is InChI=1S/C15H22N2O4/c1-14(2,3)21-10-15(12(16)18,17-13(19)20)9-11-7-5-4-6-8-11/h4-8,17H,9-10H2,1-3H3,(H2,16,18)(H,19,20)/t15-/m0/s1. The molecule has 0 fully saturated rings. The molecule has 0 aliphatic carbocycles. The number of nitrogens with two attached hydrogens (primary N) is 1. The van der Waals surface area contributed by atoms with Crippen LogP contribution in [-0.2, 0) is 16.0 Å². The van der Waals surface area contributed by atoms with E-state index in [-0.39, 0.29) is 13.0 Å². The highest BCUT2D eigenvalue weighted by Crippen LogP contribution is 2.18. The Labute approximate surface area is 124 Å². The SMILES string of the molecule is CC(C)(C)OC[C@](Cc1ccccc1)(NC(=O)O)C(N)=O. The predicted molar refractivity (Wildman–Crippen MR) is 78.9 cm³/mol. The first-order chi connectivity index (χ1) is 9.65. The average Bonchev–Trinajstić information content (AvgIpc) is 2.35. The van der Waals surface area contributed by atoms with Crippen LogP contribution in [0.1, 0.15) is 26.3 Å². The summed E-state index contributed by atoms with van der Waals surface area (Å²) in [6.07, 6.45) is -1.19. The summed E-state index contributed by atoms with van der Waals surface area (Å²) >= 11 is 0. The van der Waals surface area contributed by atoms with Crippen LogP contribution >= 0.6 is 0 Å². The Kier molecular flexibility index (Phi) is 5.32. The van der Waals surface area contributed by atoms with Gasteiger partial charge in [-0.25, -0.2) is 4.79 Å². The zero-order valence-electron chi connectivity index (χ0n) is 12.6. The molecule has 21 heavy (non-hydrogen) atoms. The molecule has 0 spiro atoms. The Morgan fingerprint density at radius 3 is 2.24 bits per heavy atom. The van der Waals surface area contributed by atoms with Crippen molar-refractivity contribution in [2.24, 2.45) is 5.73 Å². The Balaban J connectivity index is 3.05. The third kappa shape index (κ3) is 5.43. The van der Waals surface area contributed by atoms with E-state index in [4.69, 9.17) is 15.6 Å². The van der Waals surface area contributed by atoms with Crippen molar-refractivity contribution in [2.75, 3.05) is 6.61 Å². The maximum atomic E-state index is 11.9. The lowest BCUT2D eigenvalue weighted by Gasteiger charge is -2.33. The summed E-state index contributed by atoms with van der Waals surface area (Å²) in [5.74, 6) is -0.766. The smallest absolute Gasteiger partial charge is 0.405 e. The van der Waals surface area contributed by atoms with E-state index in [0.717, 1.165) is 5.56 Å². The molecule has 0 aliphatic rings. The van der Waals surface area contributed by atoms with Gasteiger partial charge in [0.25, 0.3) is 0 Å². The zero-order valence-corrected chi connectivity index (χ0v) is 12.6. The van der Waals surface area contributed by atoms with E-state index < -0.39 is 23.1 Å². The molecule has 0 bridgehead atoms. The molecule has 1 atom stereocenters. The Morgan fingerprint density at radius 1 is 1.24 bits per heavy atom. The molecule has 0 radical (unpaired) electrons. The number of rotatable bonds is 6. The fourth-order valence-electron chi connectivity index (χ4n) is 1.84. The molecule has 1 aromatic rings. The Morgan fingerprint density at radius 2 is 1.81 bits per heavy atom. The highest BCUT2D eigenvalue weighted by Gasteiger charge is 2.40. The number of primary amides is 1. The number of amides is 2. The molecule has 1 aromatic carbocycles. The quantitative estimate of drug-likeness (QED) is 0.740. The maximum Gasteiger partial charge on any atom is 0.405 e. The summed E-state index contributed by atoms with van der Waals surface area (Å²) in [5, 5.41) is 11.3. The van der Waals surface area contributed by atoms with Crippen LogP contribution in [0.2, 0.25) is 0 Å². The van der Waals surface area contributed by atoms with Crippen LogP contribution < -0.4 is 11.1 Å². The van der Waals surface area contributed by atoms with Crippen molar-refractivity contribution in [1.29, 1.82) is 0 Å². The first kappa shape index (κ1) is 17.0. The molecule has 0 aliphatic heterocycles. The fraction of sp³-hybridized carbons (Fsp3) is 0.467. The van der Waals surface area contributed by atoms with Gasteiger partial charge in [-0.05, 0) is 26.3 Å². The monoisotopic (exact) mass is 294 g/mol. The third-order valence-electron chi connectivity index (χ3n) is 2.92. The molecular formula is C15H22N2O4. The lowest BCUT2D eigenvalue weighted by atomic mass is 9.90. The summed E-state index contributed by atoms with van der Waals surface area (Å²) in [6.45, 7) is 5.33. The van der Waals surface area contributed by atoms with Gasteiger partial charge in [-0.3, -0.25) is 4.79 Å². The largest absolute Gasteiger partial charge is 0.465 e. The van der Waals surface area contributed by atoms with Crippen LogP contribution in [0.3, 0.4) is 0 Å². The first-order valence-corrected chi connectivity index (χ1v) is 6.63. The van der Waals surface area contributed by atoms with Gasteiger partial charge in [-0.2, -0.15) is 0 Å². The maximum absolute atomic E-state index is 11.9. The number of hydrogen-bond donors (Lipinski definition) is 3. The Hall–Kier alpha value is -2.08. The normalized spacial score (nSPS) is 14.2. The molecule has 0 unspecified atom stereocenters. The molecular weight excluding hydrogens is 272 g/mol. The minimum atomic E-state index is -1.50. The third-order valence-corrected chi connectivity index (χ3v) is 2.92. The van der Waals surface area contributed by atoms with Crippen molar-refractivity contribution in [3.8, 4) is 0 Å². The van der Waals surface area contributed by atoms with Crippen molar-refractivity contribution in [3.63, 3.8) is 0 Å². The van der Waals surface area contributed by atoms with Gasteiger partial charge >= 0.3 is 6.09 Å². The highest BCUT2D eigenvalue weighted by atomic mass is 16.5. The van der Waals surface area contributed by atoms with Crippen LogP contribution in [-0.4, -0.2) is 34.9 Å². The summed E-state index contributed by atoms with van der Waals surface area (Å²) in [6, 6.07) is 9.07. The van der Waals surface area contributed by atoms with Gasteiger partial charge in [0.15, 0.2) is 0 Å². The van der Waals surface area contributed by atoms with Gasteiger partial charge in [0.2, 0.25) is 5.91 Å². The van der Waals surface area contributed by atoms with Crippen molar-refractivity contribution < 1.29 is 19.4 Å². The molecule has 0 aromatic heterocycles. The molecule has 0 saturated heterocycles. The van der Waals surface area contributed by atoms with Crippen LogP contribution in [0, 0.1) is 0 Å². The second-order valence-electron chi connectivity index (χ2n) is 5.94. The Bertz CT molecular complexity index is 496. The average molecular weight is 294 g/mol. The molecule has 1 rings (SSSR count). The second-order valence-corrected chi connectivity index (χ2v) is 5.94. The molecule has 6 nitrogen and oxygen atoms in total. The number of carbonyl (C=O) groups excluding carboxylic acids is 1. The number of carboxylic acid groups (broad SMARTS) is 1. The number of hydrogen-bond acceptors (Lipinski definition) is 3. The number of ether oxygens (including phenoxy) is 1. The van der Waals surface area contributed by atoms with Gasteiger partial charge in [-0.1, -0.05) is 30.3 Å². The number of carbonyl (C=O) groups is 2. The topological polar surface area (TPSA) is 102 Å². The second kappa shape index (κ2) is 6.58. The molecule has 4 N–H and O–H groups in total. The van der Waals surface area contributed by atoms with Crippen molar-refractivity contribution >= 4 is 12.0 Å². The first-order valence-electron chi connectivity index (χ1n) is 6.63. The minimum absolute atomic E-state index is 0.131. The summed E-state index contributed by atoms with van der Waals surface area (Å²) in [7, 11) is 0. The minimum Gasteiger partial charge on any atom is -0.465 e. The molecule has 6 heteroatoms. The molecule has 0 heterocycles.